The van der Waals surface area contributed by atoms with Crippen molar-refractivity contribution in [2.24, 2.45) is 0 Å². The summed E-state index contributed by atoms with van der Waals surface area (Å²) in [5.74, 6) is -0.426. The van der Waals surface area contributed by atoms with E-state index in [1.165, 1.54) is 12.1 Å². The SMILES string of the molecule is CCOC(=O)COc1cccc(NC(=O)C2(c3ccc(F)cc3)CCC2)c1. The van der Waals surface area contributed by atoms with Crippen LogP contribution >= 0.6 is 0 Å². The van der Waals surface area contributed by atoms with Gasteiger partial charge in [0.05, 0.1) is 12.0 Å². The van der Waals surface area contributed by atoms with Crippen molar-refractivity contribution in [1.82, 2.24) is 0 Å². The number of nitrogens with one attached hydrogen (secondary N) is 1. The van der Waals surface area contributed by atoms with E-state index in [1.54, 1.807) is 43.3 Å². The van der Waals surface area contributed by atoms with Gasteiger partial charge in [-0.1, -0.05) is 24.6 Å². The normalized spacial score (nSPS) is 14.7. The van der Waals surface area contributed by atoms with Crippen molar-refractivity contribution in [3.63, 3.8) is 0 Å². The third-order valence-electron chi connectivity index (χ3n) is 4.79. The molecule has 5 nitrogen and oxygen atoms in total. The van der Waals surface area contributed by atoms with Crippen molar-refractivity contribution in [3.8, 4) is 5.75 Å². The number of halogens is 1. The van der Waals surface area contributed by atoms with E-state index in [4.69, 9.17) is 9.47 Å². The van der Waals surface area contributed by atoms with Crippen molar-refractivity contribution < 1.29 is 23.5 Å². The largest absolute Gasteiger partial charge is 0.482 e. The zero-order valence-corrected chi connectivity index (χ0v) is 15.2. The average Bonchev–Trinajstić information content (AvgIpc) is 2.61. The number of carbonyl (C=O) groups excluding carboxylic acids is 2. The number of esters is 1. The number of benzene rings is 2. The molecular weight excluding hydrogens is 349 g/mol. The Hall–Kier alpha value is -2.89. The van der Waals surface area contributed by atoms with Crippen LogP contribution in [0.4, 0.5) is 10.1 Å². The van der Waals surface area contributed by atoms with Gasteiger partial charge in [-0.25, -0.2) is 9.18 Å². The van der Waals surface area contributed by atoms with E-state index in [0.29, 0.717) is 18.0 Å². The molecule has 2 aromatic rings. The molecule has 3 rings (SSSR count). The second kappa shape index (κ2) is 8.20. The Morgan fingerprint density at radius 1 is 1.15 bits per heavy atom. The Kier molecular flexibility index (Phi) is 5.74. The molecule has 1 saturated carbocycles. The summed E-state index contributed by atoms with van der Waals surface area (Å²) in [5, 5.41) is 2.92. The first-order valence-electron chi connectivity index (χ1n) is 8.99. The summed E-state index contributed by atoms with van der Waals surface area (Å²) in [6.45, 7) is 1.83. The minimum absolute atomic E-state index is 0.122. The lowest BCUT2D eigenvalue weighted by molar-refractivity contribution is -0.145. The molecule has 1 fully saturated rings. The Bertz CT molecular complexity index is 815. The molecule has 0 spiro atoms. The van der Waals surface area contributed by atoms with E-state index in [-0.39, 0.29) is 18.3 Å². The maximum atomic E-state index is 13.2. The van der Waals surface area contributed by atoms with Gasteiger partial charge in [0, 0.05) is 11.8 Å². The Morgan fingerprint density at radius 2 is 1.89 bits per heavy atom. The van der Waals surface area contributed by atoms with Crippen LogP contribution in [0.15, 0.2) is 48.5 Å². The van der Waals surface area contributed by atoms with Crippen LogP contribution in [0.2, 0.25) is 0 Å². The molecule has 1 aliphatic carbocycles. The smallest absolute Gasteiger partial charge is 0.344 e. The molecule has 0 bridgehead atoms. The van der Waals surface area contributed by atoms with Gasteiger partial charge < -0.3 is 14.8 Å². The standard InChI is InChI=1S/C21H22FNO4/c1-2-26-19(24)14-27-18-6-3-5-17(13-18)23-20(25)21(11-4-12-21)15-7-9-16(22)10-8-15/h3,5-10,13H,2,4,11-12,14H2,1H3,(H,23,25). The van der Waals surface area contributed by atoms with Crippen LogP contribution in [0.1, 0.15) is 31.7 Å². The number of anilines is 1. The number of amides is 1. The lowest BCUT2D eigenvalue weighted by atomic mass is 9.64. The van der Waals surface area contributed by atoms with E-state index < -0.39 is 11.4 Å². The molecule has 1 N–H and O–H groups in total. The summed E-state index contributed by atoms with van der Waals surface area (Å²) < 4.78 is 23.4. The monoisotopic (exact) mass is 371 g/mol. The molecule has 0 aliphatic heterocycles. The van der Waals surface area contributed by atoms with Gasteiger partial charge in [0.25, 0.3) is 0 Å². The average molecular weight is 371 g/mol. The Balaban J connectivity index is 1.69. The number of hydrogen-bond donors (Lipinski definition) is 1. The lowest BCUT2D eigenvalue weighted by Gasteiger charge is -2.40. The van der Waals surface area contributed by atoms with Gasteiger partial charge in [-0.05, 0) is 49.6 Å². The summed E-state index contributed by atoms with van der Waals surface area (Å²) in [6.07, 6.45) is 2.40. The minimum atomic E-state index is -0.629. The van der Waals surface area contributed by atoms with E-state index in [0.717, 1.165) is 24.8 Å². The van der Waals surface area contributed by atoms with Crippen molar-refractivity contribution in [2.45, 2.75) is 31.6 Å². The topological polar surface area (TPSA) is 64.6 Å². The summed E-state index contributed by atoms with van der Waals surface area (Å²) in [5.41, 5.74) is 0.771. The Labute approximate surface area is 157 Å². The fraction of sp³-hybridized carbons (Fsp3) is 0.333. The quantitative estimate of drug-likeness (QED) is 0.752. The molecule has 27 heavy (non-hydrogen) atoms. The zero-order chi connectivity index (χ0) is 19.3. The second-order valence-electron chi connectivity index (χ2n) is 6.52. The summed E-state index contributed by atoms with van der Waals surface area (Å²) in [6, 6.07) is 13.0. The third-order valence-corrected chi connectivity index (χ3v) is 4.79. The molecule has 6 heteroatoms. The molecule has 0 unspecified atom stereocenters. The van der Waals surface area contributed by atoms with Gasteiger partial charge in [0.2, 0.25) is 5.91 Å². The summed E-state index contributed by atoms with van der Waals surface area (Å²) in [7, 11) is 0. The van der Waals surface area contributed by atoms with Crippen molar-refractivity contribution in [1.29, 1.82) is 0 Å². The number of carbonyl (C=O) groups is 2. The molecule has 0 heterocycles. The van der Waals surface area contributed by atoms with E-state index in [2.05, 4.69) is 5.32 Å². The minimum Gasteiger partial charge on any atom is -0.482 e. The van der Waals surface area contributed by atoms with Crippen molar-refractivity contribution in [2.75, 3.05) is 18.5 Å². The third kappa shape index (κ3) is 4.27. The molecule has 2 aromatic carbocycles. The van der Waals surface area contributed by atoms with E-state index in [9.17, 15) is 14.0 Å². The molecular formula is C21H22FNO4. The first-order valence-corrected chi connectivity index (χ1v) is 8.99. The van der Waals surface area contributed by atoms with Gasteiger partial charge in [-0.2, -0.15) is 0 Å². The van der Waals surface area contributed by atoms with Gasteiger partial charge >= 0.3 is 5.97 Å². The van der Waals surface area contributed by atoms with Gasteiger partial charge in [-0.3, -0.25) is 4.79 Å². The predicted octanol–water partition coefficient (Wildman–Crippen LogP) is 3.83. The highest BCUT2D eigenvalue weighted by Gasteiger charge is 2.45. The van der Waals surface area contributed by atoms with Crippen LogP contribution in [0.5, 0.6) is 5.75 Å². The fourth-order valence-corrected chi connectivity index (χ4v) is 3.21. The van der Waals surface area contributed by atoms with Crippen molar-refractivity contribution in [3.05, 3.63) is 59.9 Å². The van der Waals surface area contributed by atoms with E-state index in [1.807, 2.05) is 0 Å². The molecule has 0 radical (unpaired) electrons. The molecule has 0 saturated heterocycles. The number of rotatable bonds is 7. The van der Waals surface area contributed by atoms with Gasteiger partial charge in [0.15, 0.2) is 6.61 Å². The second-order valence-corrected chi connectivity index (χ2v) is 6.52. The van der Waals surface area contributed by atoms with Crippen molar-refractivity contribution >= 4 is 17.6 Å². The first-order chi connectivity index (χ1) is 13.0. The van der Waals surface area contributed by atoms with Crippen LogP contribution in [-0.4, -0.2) is 25.1 Å². The maximum Gasteiger partial charge on any atom is 0.344 e. The first kappa shape index (κ1) is 18.9. The number of hydrogen-bond acceptors (Lipinski definition) is 4. The summed E-state index contributed by atoms with van der Waals surface area (Å²) >= 11 is 0. The van der Waals surface area contributed by atoms with Crippen LogP contribution in [0, 0.1) is 5.82 Å². The highest BCUT2D eigenvalue weighted by molar-refractivity contribution is 6.00. The van der Waals surface area contributed by atoms with Crippen LogP contribution in [0.3, 0.4) is 0 Å². The molecule has 1 aliphatic rings. The lowest BCUT2D eigenvalue weighted by Crippen LogP contribution is -2.46. The number of ether oxygens (including phenoxy) is 2. The predicted molar refractivity (Wildman–Crippen MR) is 99.1 cm³/mol. The molecule has 1 amide bonds. The fourth-order valence-electron chi connectivity index (χ4n) is 3.21. The van der Waals surface area contributed by atoms with Crippen LogP contribution in [0.25, 0.3) is 0 Å². The summed E-state index contributed by atoms with van der Waals surface area (Å²) in [4.78, 5) is 24.3. The van der Waals surface area contributed by atoms with E-state index >= 15 is 0 Å². The Morgan fingerprint density at radius 3 is 2.52 bits per heavy atom. The van der Waals surface area contributed by atoms with Gasteiger partial charge in [0.1, 0.15) is 11.6 Å². The maximum absolute atomic E-state index is 13.2. The van der Waals surface area contributed by atoms with Gasteiger partial charge in [-0.15, -0.1) is 0 Å². The van der Waals surface area contributed by atoms with Crippen LogP contribution in [-0.2, 0) is 19.7 Å². The molecule has 0 atom stereocenters. The highest BCUT2D eigenvalue weighted by Crippen LogP contribution is 2.44. The molecule has 0 aromatic heterocycles. The zero-order valence-electron chi connectivity index (χ0n) is 15.2. The highest BCUT2D eigenvalue weighted by atomic mass is 19.1. The molecule has 142 valence electrons. The van der Waals surface area contributed by atoms with Crippen LogP contribution < -0.4 is 10.1 Å².